The van der Waals surface area contributed by atoms with E-state index in [1.54, 1.807) is 19.1 Å². The van der Waals surface area contributed by atoms with Gasteiger partial charge in [0.2, 0.25) is 10.0 Å². The normalized spacial score (nSPS) is 11.8. The summed E-state index contributed by atoms with van der Waals surface area (Å²) in [6.07, 6.45) is 2.16. The molecule has 0 amide bonds. The molecule has 0 aliphatic carbocycles. The van der Waals surface area contributed by atoms with Crippen molar-refractivity contribution in [3.05, 3.63) is 29.8 Å². The number of nitrogens with one attached hydrogen (secondary N) is 1. The standard InChI is InChI=1S/C15H23NO3S/c1-4-15(17)13-8-5-9-14(11-13)20(18,19)16-10-6-7-12(2)3/h5,8-9,11-12,16H,4,6-7,10H2,1-3H3. The summed E-state index contributed by atoms with van der Waals surface area (Å²) in [5.41, 5.74) is 0.442. The van der Waals surface area contributed by atoms with Crippen LogP contribution >= 0.6 is 0 Å². The zero-order chi connectivity index (χ0) is 15.2. The number of rotatable bonds is 8. The lowest BCUT2D eigenvalue weighted by atomic mass is 10.1. The number of sulfonamides is 1. The van der Waals surface area contributed by atoms with E-state index >= 15 is 0 Å². The van der Waals surface area contributed by atoms with Gasteiger partial charge in [-0.15, -0.1) is 0 Å². The Bertz CT molecular complexity index is 550. The van der Waals surface area contributed by atoms with E-state index in [1.165, 1.54) is 12.1 Å². The maximum atomic E-state index is 12.1. The first-order chi connectivity index (χ1) is 9.36. The van der Waals surface area contributed by atoms with Crippen molar-refractivity contribution < 1.29 is 13.2 Å². The summed E-state index contributed by atoms with van der Waals surface area (Å²) in [5, 5.41) is 0. The molecule has 1 N–H and O–H groups in total. The number of ketones is 1. The Morgan fingerprint density at radius 2 is 2.00 bits per heavy atom. The largest absolute Gasteiger partial charge is 0.294 e. The van der Waals surface area contributed by atoms with Gasteiger partial charge >= 0.3 is 0 Å². The topological polar surface area (TPSA) is 63.2 Å². The lowest BCUT2D eigenvalue weighted by molar-refractivity contribution is 0.0988. The second-order valence-corrected chi connectivity index (χ2v) is 7.01. The molecule has 5 heteroatoms. The summed E-state index contributed by atoms with van der Waals surface area (Å²) in [6.45, 7) is 6.39. The van der Waals surface area contributed by atoms with E-state index in [2.05, 4.69) is 18.6 Å². The zero-order valence-electron chi connectivity index (χ0n) is 12.3. The SMILES string of the molecule is CCC(=O)c1cccc(S(=O)(=O)NCCCC(C)C)c1. The summed E-state index contributed by atoms with van der Waals surface area (Å²) in [5.74, 6) is 0.506. The summed E-state index contributed by atoms with van der Waals surface area (Å²) < 4.78 is 26.8. The number of carbonyl (C=O) groups excluding carboxylic acids is 1. The fraction of sp³-hybridized carbons (Fsp3) is 0.533. The number of benzene rings is 1. The van der Waals surface area contributed by atoms with E-state index in [1.807, 2.05) is 0 Å². The minimum atomic E-state index is -3.52. The molecular weight excluding hydrogens is 274 g/mol. The highest BCUT2D eigenvalue weighted by Gasteiger charge is 2.15. The Labute approximate surface area is 121 Å². The summed E-state index contributed by atoms with van der Waals surface area (Å²) in [6, 6.07) is 6.20. The van der Waals surface area contributed by atoms with Crippen LogP contribution in [0.1, 0.15) is 50.4 Å². The molecule has 0 radical (unpaired) electrons. The molecule has 0 aliphatic rings. The molecule has 0 spiro atoms. The molecule has 112 valence electrons. The molecule has 0 unspecified atom stereocenters. The van der Waals surface area contributed by atoms with Gasteiger partial charge in [-0.2, -0.15) is 0 Å². The van der Waals surface area contributed by atoms with Gasteiger partial charge in [-0.3, -0.25) is 4.79 Å². The van der Waals surface area contributed by atoms with Gasteiger partial charge in [0.15, 0.2) is 5.78 Å². The third kappa shape index (κ3) is 5.06. The van der Waals surface area contributed by atoms with E-state index in [0.717, 1.165) is 12.8 Å². The maximum Gasteiger partial charge on any atom is 0.240 e. The molecule has 0 fully saturated rings. The average molecular weight is 297 g/mol. The molecule has 0 aliphatic heterocycles. The van der Waals surface area contributed by atoms with Crippen LogP contribution in [-0.4, -0.2) is 20.7 Å². The fourth-order valence-electron chi connectivity index (χ4n) is 1.84. The van der Waals surface area contributed by atoms with Crippen LogP contribution in [-0.2, 0) is 10.0 Å². The molecule has 0 aromatic heterocycles. The Hall–Kier alpha value is -1.20. The third-order valence-electron chi connectivity index (χ3n) is 3.04. The second kappa shape index (κ2) is 7.55. The Balaban J connectivity index is 2.75. The monoisotopic (exact) mass is 297 g/mol. The fourth-order valence-corrected chi connectivity index (χ4v) is 2.96. The number of hydrogen-bond donors (Lipinski definition) is 1. The van der Waals surface area contributed by atoms with Crippen molar-refractivity contribution in [2.75, 3.05) is 6.54 Å². The van der Waals surface area contributed by atoms with Crippen LogP contribution in [0.3, 0.4) is 0 Å². The van der Waals surface area contributed by atoms with Crippen LogP contribution < -0.4 is 4.72 Å². The quantitative estimate of drug-likeness (QED) is 0.592. The van der Waals surface area contributed by atoms with Gasteiger partial charge in [0.1, 0.15) is 0 Å². The molecule has 1 aromatic carbocycles. The van der Waals surface area contributed by atoms with Crippen LogP contribution in [0.4, 0.5) is 0 Å². The summed E-state index contributed by atoms with van der Waals surface area (Å²) in [4.78, 5) is 11.8. The summed E-state index contributed by atoms with van der Waals surface area (Å²) >= 11 is 0. The highest BCUT2D eigenvalue weighted by atomic mass is 32.2. The van der Waals surface area contributed by atoms with Gasteiger partial charge in [0.05, 0.1) is 4.90 Å². The number of hydrogen-bond acceptors (Lipinski definition) is 3. The van der Waals surface area contributed by atoms with Gasteiger partial charge < -0.3 is 0 Å². The summed E-state index contributed by atoms with van der Waals surface area (Å²) in [7, 11) is -3.52. The molecule has 0 saturated carbocycles. The molecule has 0 bridgehead atoms. The predicted molar refractivity (Wildman–Crippen MR) is 80.3 cm³/mol. The zero-order valence-corrected chi connectivity index (χ0v) is 13.2. The lowest BCUT2D eigenvalue weighted by Crippen LogP contribution is -2.25. The first-order valence-electron chi connectivity index (χ1n) is 6.99. The average Bonchev–Trinajstić information content (AvgIpc) is 2.42. The van der Waals surface area contributed by atoms with E-state index < -0.39 is 10.0 Å². The van der Waals surface area contributed by atoms with Crippen molar-refractivity contribution in [3.8, 4) is 0 Å². The van der Waals surface area contributed by atoms with Gasteiger partial charge in [-0.25, -0.2) is 13.1 Å². The Kier molecular flexibility index (Phi) is 6.36. The van der Waals surface area contributed by atoms with Crippen molar-refractivity contribution in [1.82, 2.24) is 4.72 Å². The second-order valence-electron chi connectivity index (χ2n) is 5.24. The third-order valence-corrected chi connectivity index (χ3v) is 4.50. The highest BCUT2D eigenvalue weighted by molar-refractivity contribution is 7.89. The Morgan fingerprint density at radius 3 is 2.60 bits per heavy atom. The molecule has 0 atom stereocenters. The van der Waals surface area contributed by atoms with Crippen molar-refractivity contribution >= 4 is 15.8 Å². The van der Waals surface area contributed by atoms with Gasteiger partial charge in [-0.05, 0) is 30.9 Å². The number of carbonyl (C=O) groups is 1. The molecule has 20 heavy (non-hydrogen) atoms. The smallest absolute Gasteiger partial charge is 0.240 e. The van der Waals surface area contributed by atoms with Crippen LogP contribution in [0, 0.1) is 5.92 Å². The van der Waals surface area contributed by atoms with Gasteiger partial charge in [-0.1, -0.05) is 32.9 Å². The van der Waals surface area contributed by atoms with Crippen molar-refractivity contribution in [3.63, 3.8) is 0 Å². The molecule has 1 rings (SSSR count). The predicted octanol–water partition coefficient (Wildman–Crippen LogP) is 2.99. The first-order valence-corrected chi connectivity index (χ1v) is 8.48. The van der Waals surface area contributed by atoms with Crippen molar-refractivity contribution in [2.45, 2.75) is 44.9 Å². The van der Waals surface area contributed by atoms with E-state index in [9.17, 15) is 13.2 Å². The van der Waals surface area contributed by atoms with E-state index in [0.29, 0.717) is 24.4 Å². The minimum Gasteiger partial charge on any atom is -0.294 e. The van der Waals surface area contributed by atoms with Crippen LogP contribution in [0.5, 0.6) is 0 Å². The highest BCUT2D eigenvalue weighted by Crippen LogP contribution is 2.13. The van der Waals surface area contributed by atoms with Crippen LogP contribution in [0.15, 0.2) is 29.2 Å². The first kappa shape index (κ1) is 16.9. The van der Waals surface area contributed by atoms with Crippen molar-refractivity contribution in [1.29, 1.82) is 0 Å². The van der Waals surface area contributed by atoms with E-state index in [-0.39, 0.29) is 10.7 Å². The van der Waals surface area contributed by atoms with Gasteiger partial charge in [0, 0.05) is 18.5 Å². The molecule has 4 nitrogen and oxygen atoms in total. The maximum absolute atomic E-state index is 12.1. The minimum absolute atomic E-state index is 0.0538. The Morgan fingerprint density at radius 1 is 1.30 bits per heavy atom. The molecule has 1 aromatic rings. The molecule has 0 saturated heterocycles. The van der Waals surface area contributed by atoms with E-state index in [4.69, 9.17) is 0 Å². The number of Topliss-reactive ketones (excluding diaryl/α,β-unsaturated/α-hetero) is 1. The van der Waals surface area contributed by atoms with Crippen LogP contribution in [0.25, 0.3) is 0 Å². The lowest BCUT2D eigenvalue weighted by Gasteiger charge is -2.09. The van der Waals surface area contributed by atoms with Crippen LogP contribution in [0.2, 0.25) is 0 Å². The van der Waals surface area contributed by atoms with Crippen molar-refractivity contribution in [2.24, 2.45) is 5.92 Å². The van der Waals surface area contributed by atoms with Gasteiger partial charge in [0.25, 0.3) is 0 Å². The molecular formula is C15H23NO3S. The molecule has 0 heterocycles.